The molecule has 1 heterocycles. The van der Waals surface area contributed by atoms with Crippen molar-refractivity contribution in [1.29, 1.82) is 0 Å². The molecule has 3 N–H and O–H groups in total. The maximum atomic E-state index is 13.4. The van der Waals surface area contributed by atoms with Gasteiger partial charge in [0.05, 0.1) is 12.4 Å². The van der Waals surface area contributed by atoms with Gasteiger partial charge in [-0.2, -0.15) is 0 Å². The van der Waals surface area contributed by atoms with E-state index in [2.05, 4.69) is 23.4 Å². The van der Waals surface area contributed by atoms with Gasteiger partial charge in [0.25, 0.3) is 11.8 Å². The second-order valence-corrected chi connectivity index (χ2v) is 4.26. The van der Waals surface area contributed by atoms with Crippen LogP contribution >= 0.6 is 0 Å². The van der Waals surface area contributed by atoms with Crippen LogP contribution in [0, 0.1) is 11.6 Å². The van der Waals surface area contributed by atoms with Gasteiger partial charge in [-0.15, -0.1) is 0 Å². The average Bonchev–Trinajstić information content (AvgIpc) is 2.38. The van der Waals surface area contributed by atoms with E-state index in [1.165, 1.54) is 0 Å². The van der Waals surface area contributed by atoms with Crippen molar-refractivity contribution in [2.24, 2.45) is 0 Å². The molecule has 6 nitrogen and oxygen atoms in total. The van der Waals surface area contributed by atoms with E-state index in [4.69, 9.17) is 0 Å². The lowest BCUT2D eigenvalue weighted by atomic mass is 10.2. The number of amides is 2. The molecule has 0 radical (unpaired) electrons. The van der Waals surface area contributed by atoms with Crippen molar-refractivity contribution in [2.45, 2.75) is 0 Å². The van der Waals surface area contributed by atoms with E-state index in [0.717, 1.165) is 16.4 Å². The summed E-state index contributed by atoms with van der Waals surface area (Å²) in [5.41, 5.74) is -0.971. The van der Waals surface area contributed by atoms with Crippen molar-refractivity contribution in [2.75, 3.05) is 12.0 Å². The Labute approximate surface area is 117 Å². The van der Waals surface area contributed by atoms with Gasteiger partial charge >= 0.3 is 0 Å². The highest BCUT2D eigenvalue weighted by Crippen LogP contribution is 2.18. The third kappa shape index (κ3) is 2.67. The summed E-state index contributed by atoms with van der Waals surface area (Å²) in [6, 6.07) is 2.50. The molecule has 1 aromatic carbocycles. The van der Waals surface area contributed by atoms with E-state index < -0.39 is 34.9 Å². The van der Waals surface area contributed by atoms with Gasteiger partial charge < -0.3 is 32.9 Å². The molecule has 9 heteroatoms. The van der Waals surface area contributed by atoms with Crippen LogP contribution in [0.5, 0.6) is 0 Å². The Morgan fingerprint density at radius 2 is 2.15 bits per heavy atom. The molecule has 1 aromatic rings. The van der Waals surface area contributed by atoms with E-state index in [1.54, 1.807) is 0 Å². The summed E-state index contributed by atoms with van der Waals surface area (Å²) < 4.78 is 26.9. The molecule has 0 unspecified atom stereocenters. The normalized spacial score (nSPS) is 15.2. The van der Waals surface area contributed by atoms with Crippen molar-refractivity contribution in [3.63, 3.8) is 0 Å². The minimum absolute atomic E-state index is 0.137. The lowest BCUT2D eigenvalue weighted by Gasteiger charge is -2.35. The summed E-state index contributed by atoms with van der Waals surface area (Å²) in [6.07, 6.45) is 0. The summed E-state index contributed by atoms with van der Waals surface area (Å²) in [6.45, 7) is -0.137. The van der Waals surface area contributed by atoms with Gasteiger partial charge in [0.15, 0.2) is 11.5 Å². The number of hydrogen-bond donors (Lipinski definition) is 3. The lowest BCUT2D eigenvalue weighted by molar-refractivity contribution is -0.123. The Balaban J connectivity index is 2.27. The molecule has 2 rings (SSSR count). The zero-order valence-corrected chi connectivity index (χ0v) is 10.6. The highest BCUT2D eigenvalue weighted by Gasteiger charge is 2.27. The van der Waals surface area contributed by atoms with Crippen LogP contribution < -0.4 is 10.6 Å². The van der Waals surface area contributed by atoms with E-state index in [0.29, 0.717) is 6.07 Å². The monoisotopic (exact) mass is 300 g/mol. The SMILES string of the molecule is O=C1NCN([S-])C(O)=C1C(=O)Nc1ccc(F)cc1F. The van der Waals surface area contributed by atoms with E-state index in [-0.39, 0.29) is 12.4 Å². The van der Waals surface area contributed by atoms with Crippen molar-refractivity contribution in [1.82, 2.24) is 9.62 Å². The van der Waals surface area contributed by atoms with Crippen LogP contribution in [0.1, 0.15) is 0 Å². The zero-order chi connectivity index (χ0) is 14.9. The Kier molecular flexibility index (Phi) is 3.79. The molecule has 2 amide bonds. The van der Waals surface area contributed by atoms with Gasteiger partial charge in [0, 0.05) is 6.07 Å². The average molecular weight is 300 g/mol. The lowest BCUT2D eigenvalue weighted by Crippen LogP contribution is -2.44. The highest BCUT2D eigenvalue weighted by atomic mass is 32.1. The minimum atomic E-state index is -1.06. The first-order chi connectivity index (χ1) is 9.40. The Morgan fingerprint density at radius 3 is 2.80 bits per heavy atom. The van der Waals surface area contributed by atoms with Crippen LogP contribution in [-0.4, -0.2) is 27.9 Å². The summed E-state index contributed by atoms with van der Waals surface area (Å²) in [5, 5.41) is 13.9. The quantitative estimate of drug-likeness (QED) is 0.548. The van der Waals surface area contributed by atoms with Crippen LogP contribution in [0.15, 0.2) is 29.7 Å². The second-order valence-electron chi connectivity index (χ2n) is 3.82. The Hall–Kier alpha value is -2.29. The maximum Gasteiger partial charge on any atom is 0.266 e. The van der Waals surface area contributed by atoms with Gasteiger partial charge in [0.2, 0.25) is 0 Å². The molecule has 0 fully saturated rings. The molecule has 0 bridgehead atoms. The molecule has 1 aliphatic rings. The fourth-order valence-electron chi connectivity index (χ4n) is 1.51. The number of hydrogen-bond acceptors (Lipinski definition) is 5. The van der Waals surface area contributed by atoms with Gasteiger partial charge in [-0.25, -0.2) is 8.78 Å². The molecule has 1 aliphatic heterocycles. The summed E-state index contributed by atoms with van der Waals surface area (Å²) >= 11 is 4.68. The van der Waals surface area contributed by atoms with E-state index in [9.17, 15) is 23.5 Å². The first-order valence-corrected chi connectivity index (χ1v) is 5.69. The predicted octanol–water partition coefficient (Wildman–Crippen LogP) is 0.524. The third-order valence-electron chi connectivity index (χ3n) is 2.48. The van der Waals surface area contributed by atoms with Gasteiger partial charge in [-0.1, -0.05) is 0 Å². The van der Waals surface area contributed by atoms with Gasteiger partial charge in [-0.05, 0) is 12.1 Å². The second kappa shape index (κ2) is 5.37. The molecular formula is C11H8F2N3O3S-. The smallest absolute Gasteiger partial charge is 0.266 e. The molecular weight excluding hydrogens is 292 g/mol. The highest BCUT2D eigenvalue weighted by molar-refractivity contribution is 7.56. The number of halogens is 2. The molecule has 0 saturated heterocycles. The van der Waals surface area contributed by atoms with Crippen molar-refractivity contribution in [3.8, 4) is 0 Å². The number of rotatable bonds is 2. The maximum absolute atomic E-state index is 13.4. The molecule has 0 aliphatic carbocycles. The summed E-state index contributed by atoms with van der Waals surface area (Å²) in [5.74, 6) is -4.42. The molecule has 0 saturated carbocycles. The Morgan fingerprint density at radius 1 is 1.45 bits per heavy atom. The fourth-order valence-corrected chi connectivity index (χ4v) is 1.67. The van der Waals surface area contributed by atoms with Crippen molar-refractivity contribution >= 4 is 30.3 Å². The summed E-state index contributed by atoms with van der Waals surface area (Å²) in [7, 11) is 0. The Bertz CT molecular complexity index is 621. The topological polar surface area (TPSA) is 81.7 Å². The van der Waals surface area contributed by atoms with Gasteiger partial charge in [-0.3, -0.25) is 9.59 Å². The molecule has 0 aromatic heterocycles. The van der Waals surface area contributed by atoms with Crippen LogP contribution in [-0.2, 0) is 22.4 Å². The van der Waals surface area contributed by atoms with Gasteiger partial charge in [0.1, 0.15) is 11.6 Å². The number of aliphatic hydroxyl groups is 1. The van der Waals surface area contributed by atoms with Crippen LogP contribution in [0.2, 0.25) is 0 Å². The molecule has 20 heavy (non-hydrogen) atoms. The first-order valence-electron chi connectivity index (χ1n) is 5.32. The third-order valence-corrected chi connectivity index (χ3v) is 2.78. The number of anilines is 1. The first kappa shape index (κ1) is 14.1. The largest absolute Gasteiger partial charge is 0.662 e. The number of nitrogens with one attached hydrogen (secondary N) is 2. The standard InChI is InChI=1S/C11H8F2N3O3S/c12-5-1-2-7(6(13)3-5)15-10(18)8-9(17)14-4-16(20)11(8)19/h1-3,19H,4H2,(H,14,17)(H,15,18)/q-1. The predicted molar refractivity (Wildman–Crippen MR) is 66.9 cm³/mol. The molecule has 106 valence electrons. The number of benzene rings is 1. The number of carbonyl (C=O) groups excluding carboxylic acids is 2. The minimum Gasteiger partial charge on any atom is -0.662 e. The number of nitrogens with zero attached hydrogens (tertiary/aromatic N) is 1. The van der Waals surface area contributed by atoms with Crippen LogP contribution in [0.25, 0.3) is 0 Å². The number of carbonyl (C=O) groups is 2. The number of aliphatic hydroxyl groups excluding tert-OH is 1. The van der Waals surface area contributed by atoms with Crippen molar-refractivity contribution < 1.29 is 23.5 Å². The van der Waals surface area contributed by atoms with Crippen molar-refractivity contribution in [3.05, 3.63) is 41.3 Å². The van der Waals surface area contributed by atoms with E-state index in [1.807, 2.05) is 0 Å². The molecule has 0 atom stereocenters. The summed E-state index contributed by atoms with van der Waals surface area (Å²) in [4.78, 5) is 23.4. The van der Waals surface area contributed by atoms with Crippen LogP contribution in [0.4, 0.5) is 14.5 Å². The molecule has 0 spiro atoms. The van der Waals surface area contributed by atoms with E-state index >= 15 is 0 Å². The zero-order valence-electron chi connectivity index (χ0n) is 9.81. The van der Waals surface area contributed by atoms with Crippen LogP contribution in [0.3, 0.4) is 0 Å². The fraction of sp³-hybridized carbons (Fsp3) is 0.0909.